The third-order valence-corrected chi connectivity index (χ3v) is 4.12. The number of rotatable bonds is 2. The zero-order valence-corrected chi connectivity index (χ0v) is 8.99. The van der Waals surface area contributed by atoms with E-state index in [1.165, 1.54) is 37.2 Å². The van der Waals surface area contributed by atoms with Crippen molar-refractivity contribution in [2.45, 2.75) is 32.1 Å². The smallest absolute Gasteiger partial charge is 0.00918 e. The number of piperidine rings is 1. The molecule has 0 aliphatic carbocycles. The number of thiophene rings is 1. The van der Waals surface area contributed by atoms with Crippen molar-refractivity contribution in [2.24, 2.45) is 0 Å². The number of nitrogens with one attached hydrogen (secondary N) is 1. The molecule has 0 spiro atoms. The standard InChI is InChI=1S/C11H17NS/c1-2-10-5-6-11(13-10)9-4-3-7-12-8-9/h5-6,9,12H,2-4,7-8H2,1H3/t9-/m1/s1. The van der Waals surface area contributed by atoms with Gasteiger partial charge in [0.05, 0.1) is 0 Å². The third-order valence-electron chi connectivity index (χ3n) is 2.73. The molecule has 0 aromatic carbocycles. The second-order valence-corrected chi connectivity index (χ2v) is 4.90. The van der Waals surface area contributed by atoms with Crippen molar-refractivity contribution in [1.82, 2.24) is 5.32 Å². The Hall–Kier alpha value is -0.340. The normalized spacial score (nSPS) is 23.3. The number of hydrogen-bond donors (Lipinski definition) is 1. The van der Waals surface area contributed by atoms with Crippen LogP contribution in [0.2, 0.25) is 0 Å². The molecule has 1 aliphatic heterocycles. The Labute approximate surface area is 84.2 Å². The van der Waals surface area contributed by atoms with Crippen LogP contribution in [0.1, 0.15) is 35.4 Å². The lowest BCUT2D eigenvalue weighted by Crippen LogP contribution is -2.27. The highest BCUT2D eigenvalue weighted by atomic mass is 32.1. The van der Waals surface area contributed by atoms with Crippen molar-refractivity contribution in [2.75, 3.05) is 13.1 Å². The van der Waals surface area contributed by atoms with Gasteiger partial charge in [-0.3, -0.25) is 0 Å². The zero-order valence-electron chi connectivity index (χ0n) is 8.18. The van der Waals surface area contributed by atoms with E-state index in [1.54, 1.807) is 4.88 Å². The SMILES string of the molecule is CCc1ccc([C@@H]2CCCNC2)s1. The lowest BCUT2D eigenvalue weighted by Gasteiger charge is -2.21. The van der Waals surface area contributed by atoms with Crippen LogP contribution in [0.25, 0.3) is 0 Å². The van der Waals surface area contributed by atoms with Crippen molar-refractivity contribution in [3.8, 4) is 0 Å². The van der Waals surface area contributed by atoms with Gasteiger partial charge in [0.2, 0.25) is 0 Å². The summed E-state index contributed by atoms with van der Waals surface area (Å²) in [7, 11) is 0. The fraction of sp³-hybridized carbons (Fsp3) is 0.636. The van der Waals surface area contributed by atoms with Crippen molar-refractivity contribution in [3.63, 3.8) is 0 Å². The van der Waals surface area contributed by atoms with E-state index in [4.69, 9.17) is 0 Å². The second-order valence-electron chi connectivity index (χ2n) is 3.70. The van der Waals surface area contributed by atoms with E-state index in [2.05, 4.69) is 24.4 Å². The average molecular weight is 195 g/mol. The van der Waals surface area contributed by atoms with Gasteiger partial charge in [0, 0.05) is 22.2 Å². The van der Waals surface area contributed by atoms with Crippen LogP contribution in [0.15, 0.2) is 12.1 Å². The van der Waals surface area contributed by atoms with E-state index in [0.717, 1.165) is 5.92 Å². The first kappa shape index (κ1) is 9.22. The molecule has 2 heterocycles. The minimum absolute atomic E-state index is 0.791. The maximum atomic E-state index is 3.47. The molecule has 1 fully saturated rings. The summed E-state index contributed by atoms with van der Waals surface area (Å²) in [5.74, 6) is 0.791. The molecule has 1 aromatic rings. The first-order valence-corrected chi connectivity index (χ1v) is 6.01. The summed E-state index contributed by atoms with van der Waals surface area (Å²) >= 11 is 2.00. The summed E-state index contributed by atoms with van der Waals surface area (Å²) in [5, 5.41) is 3.47. The summed E-state index contributed by atoms with van der Waals surface area (Å²) in [4.78, 5) is 3.12. The van der Waals surface area contributed by atoms with E-state index in [-0.39, 0.29) is 0 Å². The zero-order chi connectivity index (χ0) is 9.10. The molecule has 1 N–H and O–H groups in total. The molecule has 2 heteroatoms. The predicted octanol–water partition coefficient (Wildman–Crippen LogP) is 2.78. The maximum Gasteiger partial charge on any atom is 0.00918 e. The molecule has 0 bridgehead atoms. The second kappa shape index (κ2) is 4.25. The molecule has 0 radical (unpaired) electrons. The van der Waals surface area contributed by atoms with Gasteiger partial charge in [-0.2, -0.15) is 0 Å². The molecule has 0 saturated carbocycles. The van der Waals surface area contributed by atoms with Gasteiger partial charge in [0.1, 0.15) is 0 Å². The topological polar surface area (TPSA) is 12.0 Å². The molecule has 1 atom stereocenters. The summed E-state index contributed by atoms with van der Waals surface area (Å²) < 4.78 is 0. The molecule has 1 aromatic heterocycles. The summed E-state index contributed by atoms with van der Waals surface area (Å²) in [6, 6.07) is 4.61. The highest BCUT2D eigenvalue weighted by Crippen LogP contribution is 2.29. The van der Waals surface area contributed by atoms with Crippen LogP contribution in [0.3, 0.4) is 0 Å². The van der Waals surface area contributed by atoms with Crippen molar-refractivity contribution >= 4 is 11.3 Å². The Bertz CT molecular complexity index is 261. The van der Waals surface area contributed by atoms with Crippen LogP contribution in [-0.2, 0) is 6.42 Å². The molecule has 0 amide bonds. The minimum Gasteiger partial charge on any atom is -0.316 e. The first-order valence-electron chi connectivity index (χ1n) is 5.19. The lowest BCUT2D eigenvalue weighted by molar-refractivity contribution is 0.466. The van der Waals surface area contributed by atoms with E-state index in [9.17, 15) is 0 Å². The lowest BCUT2D eigenvalue weighted by atomic mass is 9.98. The Kier molecular flexibility index (Phi) is 3.01. The Morgan fingerprint density at radius 1 is 1.54 bits per heavy atom. The van der Waals surface area contributed by atoms with Gasteiger partial charge in [-0.15, -0.1) is 11.3 Å². The van der Waals surface area contributed by atoms with E-state index >= 15 is 0 Å². The van der Waals surface area contributed by atoms with Crippen LogP contribution in [0.5, 0.6) is 0 Å². The van der Waals surface area contributed by atoms with Gasteiger partial charge in [-0.1, -0.05) is 6.92 Å². The van der Waals surface area contributed by atoms with Crippen molar-refractivity contribution < 1.29 is 0 Å². The predicted molar refractivity (Wildman–Crippen MR) is 58.5 cm³/mol. The fourth-order valence-electron chi connectivity index (χ4n) is 1.90. The molecule has 72 valence electrons. The maximum absolute atomic E-state index is 3.47. The monoisotopic (exact) mass is 195 g/mol. The highest BCUT2D eigenvalue weighted by Gasteiger charge is 2.16. The van der Waals surface area contributed by atoms with Gasteiger partial charge in [-0.05, 0) is 37.9 Å². The Morgan fingerprint density at radius 3 is 3.08 bits per heavy atom. The minimum atomic E-state index is 0.791. The average Bonchev–Trinajstić information content (AvgIpc) is 2.67. The summed E-state index contributed by atoms with van der Waals surface area (Å²) in [6.45, 7) is 4.63. The first-order chi connectivity index (χ1) is 6.40. The molecule has 1 nitrogen and oxygen atoms in total. The van der Waals surface area contributed by atoms with E-state index < -0.39 is 0 Å². The number of aryl methyl sites for hydroxylation is 1. The molecule has 1 saturated heterocycles. The van der Waals surface area contributed by atoms with Gasteiger partial charge in [0.25, 0.3) is 0 Å². The molecule has 0 unspecified atom stereocenters. The Balaban J connectivity index is 2.05. The molecule has 13 heavy (non-hydrogen) atoms. The molecule has 1 aliphatic rings. The highest BCUT2D eigenvalue weighted by molar-refractivity contribution is 7.12. The van der Waals surface area contributed by atoms with Gasteiger partial charge >= 0.3 is 0 Å². The van der Waals surface area contributed by atoms with Crippen molar-refractivity contribution in [3.05, 3.63) is 21.9 Å². The van der Waals surface area contributed by atoms with Gasteiger partial charge in [-0.25, -0.2) is 0 Å². The number of hydrogen-bond acceptors (Lipinski definition) is 2. The van der Waals surface area contributed by atoms with E-state index in [0.29, 0.717) is 0 Å². The van der Waals surface area contributed by atoms with Crippen LogP contribution in [0.4, 0.5) is 0 Å². The summed E-state index contributed by atoms with van der Waals surface area (Å²) in [6.07, 6.45) is 3.89. The van der Waals surface area contributed by atoms with Crippen LogP contribution >= 0.6 is 11.3 Å². The van der Waals surface area contributed by atoms with Crippen molar-refractivity contribution in [1.29, 1.82) is 0 Å². The quantitative estimate of drug-likeness (QED) is 0.765. The summed E-state index contributed by atoms with van der Waals surface area (Å²) in [5.41, 5.74) is 0. The fourth-order valence-corrected chi connectivity index (χ4v) is 2.99. The Morgan fingerprint density at radius 2 is 2.46 bits per heavy atom. The van der Waals surface area contributed by atoms with Crippen LogP contribution in [0, 0.1) is 0 Å². The van der Waals surface area contributed by atoms with Crippen LogP contribution < -0.4 is 5.32 Å². The largest absolute Gasteiger partial charge is 0.316 e. The van der Waals surface area contributed by atoms with E-state index in [1.807, 2.05) is 11.3 Å². The molecular weight excluding hydrogens is 178 g/mol. The third kappa shape index (κ3) is 2.12. The van der Waals surface area contributed by atoms with Gasteiger partial charge < -0.3 is 5.32 Å². The van der Waals surface area contributed by atoms with Crippen LogP contribution in [-0.4, -0.2) is 13.1 Å². The van der Waals surface area contributed by atoms with Gasteiger partial charge in [0.15, 0.2) is 0 Å². The molecule has 2 rings (SSSR count). The molecular formula is C11H17NS.